The average Bonchev–Trinajstić information content (AvgIpc) is 3.02. The highest BCUT2D eigenvalue weighted by molar-refractivity contribution is 6.15. The largest absolute Gasteiger partial charge is 0.452 e. The number of hydrogen-bond acceptors (Lipinski definition) is 5. The molecule has 2 heterocycles. The second-order valence-corrected chi connectivity index (χ2v) is 6.05. The molecule has 1 aliphatic heterocycles. The van der Waals surface area contributed by atoms with Crippen molar-refractivity contribution >= 4 is 17.8 Å². The second kappa shape index (κ2) is 6.88. The summed E-state index contributed by atoms with van der Waals surface area (Å²) in [6.07, 6.45) is 4.95. The molecule has 1 aromatic heterocycles. The Hall–Kier alpha value is -3.73. The molecule has 0 aliphatic carbocycles. The van der Waals surface area contributed by atoms with Crippen molar-refractivity contribution in [2.45, 2.75) is 6.92 Å². The molecule has 0 atom stereocenters. The summed E-state index contributed by atoms with van der Waals surface area (Å²) in [5, 5.41) is 0. The van der Waals surface area contributed by atoms with Crippen LogP contribution in [0.5, 0.6) is 11.5 Å². The number of nitrogens with zero attached hydrogens (tertiary/aromatic N) is 1. The summed E-state index contributed by atoms with van der Waals surface area (Å²) in [6, 6.07) is 15.6. The highest BCUT2D eigenvalue weighted by atomic mass is 16.5. The first kappa shape index (κ1) is 16.7. The van der Waals surface area contributed by atoms with E-state index in [2.05, 4.69) is 4.98 Å². The number of carbonyl (C=O) groups excluding carboxylic acids is 2. The van der Waals surface area contributed by atoms with Crippen LogP contribution in [0.15, 0.2) is 72.8 Å². The quantitative estimate of drug-likeness (QED) is 0.399. The van der Waals surface area contributed by atoms with E-state index in [4.69, 9.17) is 9.47 Å². The van der Waals surface area contributed by atoms with Crippen molar-refractivity contribution < 1.29 is 19.1 Å². The Morgan fingerprint density at radius 1 is 1.07 bits per heavy atom. The molecule has 5 nitrogen and oxygen atoms in total. The van der Waals surface area contributed by atoms with Crippen LogP contribution < -0.4 is 9.47 Å². The molecule has 5 heteroatoms. The van der Waals surface area contributed by atoms with Crippen molar-refractivity contribution in [2.24, 2.45) is 0 Å². The summed E-state index contributed by atoms with van der Waals surface area (Å²) < 4.78 is 11.3. The fourth-order valence-corrected chi connectivity index (χ4v) is 2.82. The molecule has 0 fully saturated rings. The zero-order valence-electron chi connectivity index (χ0n) is 14.5. The summed E-state index contributed by atoms with van der Waals surface area (Å²) in [5.74, 6) is 0.311. The van der Waals surface area contributed by atoms with Gasteiger partial charge in [0.15, 0.2) is 5.76 Å². The molecular formula is C22H15NO4. The standard InChI is InChI=1S/C22H15NO4/c1-14-18(27-22(25)16-7-3-2-4-8-16)10-9-17-20(24)19(26-21(14)17)12-15-6-5-11-23-13-15/h2-13H,1H3/b19-12-. The van der Waals surface area contributed by atoms with Crippen molar-refractivity contribution in [3.05, 3.63) is 95.0 Å². The predicted octanol–water partition coefficient (Wildman–Crippen LogP) is 4.23. The van der Waals surface area contributed by atoms with Gasteiger partial charge in [-0.15, -0.1) is 0 Å². The molecular weight excluding hydrogens is 342 g/mol. The number of carbonyl (C=O) groups is 2. The predicted molar refractivity (Wildman–Crippen MR) is 99.8 cm³/mol. The van der Waals surface area contributed by atoms with E-state index < -0.39 is 5.97 Å². The molecule has 1 aliphatic rings. The van der Waals surface area contributed by atoms with Gasteiger partial charge in [0.1, 0.15) is 11.5 Å². The van der Waals surface area contributed by atoms with Crippen LogP contribution in [-0.2, 0) is 0 Å². The molecule has 0 N–H and O–H groups in total. The van der Waals surface area contributed by atoms with E-state index in [0.717, 1.165) is 5.56 Å². The molecule has 0 spiro atoms. The topological polar surface area (TPSA) is 65.5 Å². The maximum Gasteiger partial charge on any atom is 0.343 e. The minimum Gasteiger partial charge on any atom is -0.452 e. The molecule has 0 unspecified atom stereocenters. The first-order valence-electron chi connectivity index (χ1n) is 8.38. The van der Waals surface area contributed by atoms with Crippen molar-refractivity contribution in [3.63, 3.8) is 0 Å². The number of pyridine rings is 1. The molecule has 2 aromatic carbocycles. The Morgan fingerprint density at radius 3 is 2.63 bits per heavy atom. The van der Waals surface area contributed by atoms with E-state index in [9.17, 15) is 9.59 Å². The van der Waals surface area contributed by atoms with Crippen molar-refractivity contribution in [1.82, 2.24) is 4.98 Å². The Morgan fingerprint density at radius 2 is 1.89 bits per heavy atom. The van der Waals surface area contributed by atoms with E-state index >= 15 is 0 Å². The fourth-order valence-electron chi connectivity index (χ4n) is 2.82. The van der Waals surface area contributed by atoms with Gasteiger partial charge in [-0.2, -0.15) is 0 Å². The molecule has 0 amide bonds. The number of ketones is 1. The van der Waals surface area contributed by atoms with E-state index in [-0.39, 0.29) is 11.5 Å². The minimum atomic E-state index is -0.464. The van der Waals surface area contributed by atoms with E-state index in [0.29, 0.717) is 28.2 Å². The summed E-state index contributed by atoms with van der Waals surface area (Å²) in [7, 11) is 0. The third kappa shape index (κ3) is 3.22. The average molecular weight is 357 g/mol. The highest BCUT2D eigenvalue weighted by Crippen LogP contribution is 2.39. The van der Waals surface area contributed by atoms with Crippen LogP contribution in [0, 0.1) is 6.92 Å². The van der Waals surface area contributed by atoms with Gasteiger partial charge in [-0.05, 0) is 48.9 Å². The molecule has 132 valence electrons. The number of ether oxygens (including phenoxy) is 2. The zero-order chi connectivity index (χ0) is 18.8. The number of Topliss-reactive ketones (excluding diaryl/α,β-unsaturated/α-hetero) is 1. The maximum absolute atomic E-state index is 12.6. The maximum atomic E-state index is 12.6. The van der Waals surface area contributed by atoms with Gasteiger partial charge >= 0.3 is 5.97 Å². The van der Waals surface area contributed by atoms with E-state index in [1.807, 2.05) is 12.1 Å². The summed E-state index contributed by atoms with van der Waals surface area (Å²) in [6.45, 7) is 1.76. The summed E-state index contributed by atoms with van der Waals surface area (Å²) in [4.78, 5) is 28.9. The molecule has 0 bridgehead atoms. The monoisotopic (exact) mass is 357 g/mol. The molecule has 4 rings (SSSR count). The zero-order valence-corrected chi connectivity index (χ0v) is 14.5. The SMILES string of the molecule is Cc1c(OC(=O)c2ccccc2)ccc2c1O/C(=C\c1cccnc1)C2=O. The van der Waals surface area contributed by atoms with Crippen LogP contribution in [0.1, 0.15) is 31.8 Å². The lowest BCUT2D eigenvalue weighted by Gasteiger charge is -2.10. The van der Waals surface area contributed by atoms with Crippen molar-refractivity contribution in [3.8, 4) is 11.5 Å². The van der Waals surface area contributed by atoms with E-state index in [1.165, 1.54) is 0 Å². The first-order valence-corrected chi connectivity index (χ1v) is 8.38. The van der Waals surface area contributed by atoms with Gasteiger partial charge in [0, 0.05) is 18.0 Å². The van der Waals surface area contributed by atoms with Crippen molar-refractivity contribution in [2.75, 3.05) is 0 Å². The van der Waals surface area contributed by atoms with Crippen LogP contribution >= 0.6 is 0 Å². The Balaban J connectivity index is 1.63. The lowest BCUT2D eigenvalue weighted by Crippen LogP contribution is -2.09. The molecule has 0 saturated heterocycles. The van der Waals surface area contributed by atoms with Gasteiger partial charge < -0.3 is 9.47 Å². The lowest BCUT2D eigenvalue weighted by atomic mass is 10.1. The van der Waals surface area contributed by atoms with Crippen LogP contribution in [0.3, 0.4) is 0 Å². The van der Waals surface area contributed by atoms with Gasteiger partial charge in [0.2, 0.25) is 5.78 Å². The number of benzene rings is 2. The molecule has 0 saturated carbocycles. The second-order valence-electron chi connectivity index (χ2n) is 6.05. The normalized spacial score (nSPS) is 14.0. The third-order valence-electron chi connectivity index (χ3n) is 4.23. The number of fused-ring (bicyclic) bond motifs is 1. The number of aromatic nitrogens is 1. The Bertz CT molecular complexity index is 1060. The van der Waals surface area contributed by atoms with Gasteiger partial charge in [0.05, 0.1) is 11.1 Å². The van der Waals surface area contributed by atoms with Gasteiger partial charge in [-0.1, -0.05) is 24.3 Å². The molecule has 3 aromatic rings. The number of rotatable bonds is 3. The Labute approximate surface area is 155 Å². The molecule has 27 heavy (non-hydrogen) atoms. The van der Waals surface area contributed by atoms with Gasteiger partial charge in [-0.3, -0.25) is 9.78 Å². The molecule has 0 radical (unpaired) electrons. The van der Waals surface area contributed by atoms with Gasteiger partial charge in [0.25, 0.3) is 0 Å². The third-order valence-corrected chi connectivity index (χ3v) is 4.23. The number of allylic oxidation sites excluding steroid dienone is 1. The first-order chi connectivity index (χ1) is 13.1. The minimum absolute atomic E-state index is 0.210. The smallest absolute Gasteiger partial charge is 0.343 e. The van der Waals surface area contributed by atoms with Crippen LogP contribution in [0.25, 0.3) is 6.08 Å². The number of esters is 1. The summed E-state index contributed by atoms with van der Waals surface area (Å²) in [5.41, 5.74) is 2.26. The van der Waals surface area contributed by atoms with Crippen LogP contribution in [-0.4, -0.2) is 16.7 Å². The fraction of sp³-hybridized carbons (Fsp3) is 0.0455. The number of hydrogen-bond donors (Lipinski definition) is 0. The lowest BCUT2D eigenvalue weighted by molar-refractivity contribution is 0.0733. The van der Waals surface area contributed by atoms with Crippen molar-refractivity contribution in [1.29, 1.82) is 0 Å². The van der Waals surface area contributed by atoms with Crippen LogP contribution in [0.2, 0.25) is 0 Å². The Kier molecular flexibility index (Phi) is 4.26. The van der Waals surface area contributed by atoms with E-state index in [1.54, 1.807) is 67.9 Å². The highest BCUT2D eigenvalue weighted by Gasteiger charge is 2.30. The van der Waals surface area contributed by atoms with Gasteiger partial charge in [-0.25, -0.2) is 4.79 Å². The van der Waals surface area contributed by atoms with Crippen LogP contribution in [0.4, 0.5) is 0 Å². The summed E-state index contributed by atoms with van der Waals surface area (Å²) >= 11 is 0.